The van der Waals surface area contributed by atoms with E-state index in [1.807, 2.05) is 0 Å². The molecule has 5 nitrogen and oxygen atoms in total. The van der Waals surface area contributed by atoms with Crippen LogP contribution in [0.2, 0.25) is 0 Å². The molecule has 1 N–H and O–H groups in total. The summed E-state index contributed by atoms with van der Waals surface area (Å²) in [5.41, 5.74) is 0.409. The fraction of sp³-hybridized carbons (Fsp3) is 0.474. The second-order valence-corrected chi connectivity index (χ2v) is 7.51. The van der Waals surface area contributed by atoms with Crippen molar-refractivity contribution in [1.82, 2.24) is 9.88 Å². The molecule has 2 heterocycles. The van der Waals surface area contributed by atoms with Gasteiger partial charge in [-0.15, -0.1) is 0 Å². The summed E-state index contributed by atoms with van der Waals surface area (Å²) in [6.07, 6.45) is 3.42. The lowest BCUT2D eigenvalue weighted by molar-refractivity contribution is 0.189. The molecule has 1 aliphatic rings. The molecule has 3 rings (SSSR count). The Bertz CT molecular complexity index is 743. The predicted octanol–water partition coefficient (Wildman–Crippen LogP) is 4.52. The van der Waals surface area contributed by atoms with Crippen LogP contribution in [0.4, 0.5) is 14.9 Å². The SMILES string of the molecule is CC(C)(C)c1cnc(C2CCN(C(=O)Nc3cccc(F)c3)CC2)o1. The zero-order valence-corrected chi connectivity index (χ0v) is 14.9. The summed E-state index contributed by atoms with van der Waals surface area (Å²) in [4.78, 5) is 18.5. The summed E-state index contributed by atoms with van der Waals surface area (Å²) in [6, 6.07) is 5.71. The second kappa shape index (κ2) is 6.86. The first-order valence-corrected chi connectivity index (χ1v) is 8.60. The van der Waals surface area contributed by atoms with Crippen molar-refractivity contribution in [3.8, 4) is 0 Å². The number of hydrogen-bond donors (Lipinski definition) is 1. The van der Waals surface area contributed by atoms with Gasteiger partial charge in [0.25, 0.3) is 0 Å². The molecule has 1 aromatic carbocycles. The Morgan fingerprint density at radius 3 is 2.64 bits per heavy atom. The van der Waals surface area contributed by atoms with Gasteiger partial charge in [0.1, 0.15) is 11.6 Å². The van der Waals surface area contributed by atoms with Crippen molar-refractivity contribution in [2.45, 2.75) is 44.9 Å². The number of carbonyl (C=O) groups excluding carboxylic acids is 1. The van der Waals surface area contributed by atoms with Gasteiger partial charge in [-0.3, -0.25) is 0 Å². The molecule has 0 saturated carbocycles. The number of likely N-dealkylation sites (tertiary alicyclic amines) is 1. The number of nitrogens with one attached hydrogen (secondary N) is 1. The fourth-order valence-corrected chi connectivity index (χ4v) is 2.92. The highest BCUT2D eigenvalue weighted by atomic mass is 19.1. The molecule has 0 radical (unpaired) electrons. The highest BCUT2D eigenvalue weighted by Crippen LogP contribution is 2.31. The van der Waals surface area contributed by atoms with Crippen molar-refractivity contribution in [2.24, 2.45) is 0 Å². The zero-order chi connectivity index (χ0) is 18.0. The van der Waals surface area contributed by atoms with Crippen LogP contribution in [0.3, 0.4) is 0 Å². The Hall–Kier alpha value is -2.37. The molecule has 6 heteroatoms. The number of halogens is 1. The van der Waals surface area contributed by atoms with Crippen molar-refractivity contribution in [3.63, 3.8) is 0 Å². The van der Waals surface area contributed by atoms with E-state index in [9.17, 15) is 9.18 Å². The van der Waals surface area contributed by atoms with Gasteiger partial charge in [-0.1, -0.05) is 26.8 Å². The van der Waals surface area contributed by atoms with E-state index in [2.05, 4.69) is 31.1 Å². The van der Waals surface area contributed by atoms with E-state index < -0.39 is 0 Å². The third-order valence-electron chi connectivity index (χ3n) is 4.47. The Kier molecular flexibility index (Phi) is 4.79. The van der Waals surface area contributed by atoms with E-state index in [1.54, 1.807) is 23.2 Å². The molecule has 0 bridgehead atoms. The third-order valence-corrected chi connectivity index (χ3v) is 4.47. The fourth-order valence-electron chi connectivity index (χ4n) is 2.92. The van der Waals surface area contributed by atoms with Crippen LogP contribution >= 0.6 is 0 Å². The highest BCUT2D eigenvalue weighted by molar-refractivity contribution is 5.89. The number of piperidine rings is 1. The lowest BCUT2D eigenvalue weighted by Crippen LogP contribution is -2.40. The Balaban J connectivity index is 1.56. The van der Waals surface area contributed by atoms with Gasteiger partial charge in [-0.2, -0.15) is 0 Å². The number of hydrogen-bond acceptors (Lipinski definition) is 3. The van der Waals surface area contributed by atoms with E-state index in [0.717, 1.165) is 24.5 Å². The van der Waals surface area contributed by atoms with Crippen molar-refractivity contribution in [1.29, 1.82) is 0 Å². The van der Waals surface area contributed by atoms with Crippen LogP contribution in [-0.4, -0.2) is 29.0 Å². The second-order valence-electron chi connectivity index (χ2n) is 7.51. The molecule has 0 aliphatic carbocycles. The molecule has 1 saturated heterocycles. The van der Waals surface area contributed by atoms with Crippen LogP contribution in [0.1, 0.15) is 51.2 Å². The van der Waals surface area contributed by atoms with Gasteiger partial charge in [0.2, 0.25) is 0 Å². The summed E-state index contributed by atoms with van der Waals surface area (Å²) in [6.45, 7) is 7.53. The molecule has 0 atom stereocenters. The van der Waals surface area contributed by atoms with Crippen molar-refractivity contribution < 1.29 is 13.6 Å². The minimum atomic E-state index is -0.366. The van der Waals surface area contributed by atoms with Gasteiger partial charge in [-0.25, -0.2) is 14.2 Å². The topological polar surface area (TPSA) is 58.4 Å². The first kappa shape index (κ1) is 17.5. The predicted molar refractivity (Wildman–Crippen MR) is 94.2 cm³/mol. The molecule has 1 fully saturated rings. The van der Waals surface area contributed by atoms with Gasteiger partial charge in [0.05, 0.1) is 6.20 Å². The van der Waals surface area contributed by atoms with Crippen LogP contribution in [0.15, 0.2) is 34.9 Å². The molecule has 25 heavy (non-hydrogen) atoms. The number of nitrogens with zero attached hydrogens (tertiary/aromatic N) is 2. The molecule has 2 amide bonds. The maximum Gasteiger partial charge on any atom is 0.321 e. The molecule has 2 aromatic rings. The number of amides is 2. The molecular weight excluding hydrogens is 321 g/mol. The summed E-state index contributed by atoms with van der Waals surface area (Å²) < 4.78 is 19.1. The van der Waals surface area contributed by atoms with Gasteiger partial charge in [-0.05, 0) is 31.0 Å². The van der Waals surface area contributed by atoms with Gasteiger partial charge >= 0.3 is 6.03 Å². The number of carbonyl (C=O) groups is 1. The quantitative estimate of drug-likeness (QED) is 0.870. The average Bonchev–Trinajstić information content (AvgIpc) is 3.05. The smallest absolute Gasteiger partial charge is 0.321 e. The number of benzene rings is 1. The van der Waals surface area contributed by atoms with Crippen molar-refractivity contribution in [3.05, 3.63) is 47.9 Å². The van der Waals surface area contributed by atoms with E-state index >= 15 is 0 Å². The number of urea groups is 1. The van der Waals surface area contributed by atoms with Crippen LogP contribution in [-0.2, 0) is 5.41 Å². The third kappa shape index (κ3) is 4.18. The number of anilines is 1. The molecule has 1 aromatic heterocycles. The first-order valence-electron chi connectivity index (χ1n) is 8.60. The van der Waals surface area contributed by atoms with Gasteiger partial charge < -0.3 is 14.6 Å². The lowest BCUT2D eigenvalue weighted by atomic mass is 9.94. The van der Waals surface area contributed by atoms with E-state index in [1.165, 1.54) is 12.1 Å². The van der Waals surface area contributed by atoms with Crippen molar-refractivity contribution in [2.75, 3.05) is 18.4 Å². The Morgan fingerprint density at radius 1 is 1.32 bits per heavy atom. The molecule has 0 spiro atoms. The number of aromatic nitrogens is 1. The van der Waals surface area contributed by atoms with Crippen LogP contribution < -0.4 is 5.32 Å². The van der Waals surface area contributed by atoms with E-state index in [4.69, 9.17) is 4.42 Å². The molecule has 134 valence electrons. The van der Waals surface area contributed by atoms with E-state index in [-0.39, 0.29) is 23.2 Å². The maximum atomic E-state index is 13.2. The maximum absolute atomic E-state index is 13.2. The standard InChI is InChI=1S/C19H24FN3O2/c1-19(2,3)16-12-21-17(25-16)13-7-9-23(10-8-13)18(24)22-15-6-4-5-14(20)11-15/h4-6,11-13H,7-10H2,1-3H3,(H,22,24). The van der Waals surface area contributed by atoms with Crippen molar-refractivity contribution >= 4 is 11.7 Å². The zero-order valence-electron chi connectivity index (χ0n) is 14.9. The Labute approximate surface area is 147 Å². The minimum absolute atomic E-state index is 0.0587. The highest BCUT2D eigenvalue weighted by Gasteiger charge is 2.28. The summed E-state index contributed by atoms with van der Waals surface area (Å²) >= 11 is 0. The monoisotopic (exact) mass is 345 g/mol. The number of rotatable bonds is 2. The first-order chi connectivity index (χ1) is 11.8. The minimum Gasteiger partial charge on any atom is -0.445 e. The average molecular weight is 345 g/mol. The van der Waals surface area contributed by atoms with Gasteiger partial charge in [0.15, 0.2) is 5.89 Å². The number of oxazole rings is 1. The van der Waals surface area contributed by atoms with Crippen LogP contribution in [0.25, 0.3) is 0 Å². The Morgan fingerprint density at radius 2 is 2.04 bits per heavy atom. The molecule has 1 aliphatic heterocycles. The lowest BCUT2D eigenvalue weighted by Gasteiger charge is -2.30. The summed E-state index contributed by atoms with van der Waals surface area (Å²) in [5, 5.41) is 2.74. The largest absolute Gasteiger partial charge is 0.445 e. The van der Waals surface area contributed by atoms with Crippen LogP contribution in [0, 0.1) is 5.82 Å². The van der Waals surface area contributed by atoms with E-state index in [0.29, 0.717) is 18.8 Å². The molecule has 0 unspecified atom stereocenters. The normalized spacial score (nSPS) is 16.1. The molecular formula is C19H24FN3O2. The summed E-state index contributed by atoms with van der Waals surface area (Å²) in [7, 11) is 0. The van der Waals surface area contributed by atoms with Crippen LogP contribution in [0.5, 0.6) is 0 Å². The summed E-state index contributed by atoms with van der Waals surface area (Å²) in [5.74, 6) is 1.51. The van der Waals surface area contributed by atoms with Gasteiger partial charge in [0, 0.05) is 30.1 Å².